The summed E-state index contributed by atoms with van der Waals surface area (Å²) in [5.41, 5.74) is -8.09. The molecule has 2 N–H and O–H groups in total. The Morgan fingerprint density at radius 2 is 1.54 bits per heavy atom. The molecule has 220 valence electrons. The number of alkyl halides is 6. The number of rotatable bonds is 5. The van der Waals surface area contributed by atoms with E-state index in [1.807, 2.05) is 0 Å². The molecule has 0 aliphatic carbocycles. The van der Waals surface area contributed by atoms with Gasteiger partial charge in [-0.25, -0.2) is 4.79 Å². The Labute approximate surface area is 221 Å². The zero-order valence-corrected chi connectivity index (χ0v) is 21.7. The van der Waals surface area contributed by atoms with E-state index in [0.717, 1.165) is 17.0 Å². The van der Waals surface area contributed by atoms with Crippen molar-refractivity contribution in [1.82, 2.24) is 4.90 Å². The molecule has 0 bridgehead atoms. The summed E-state index contributed by atoms with van der Waals surface area (Å²) in [6.07, 6.45) is -12.5. The van der Waals surface area contributed by atoms with Gasteiger partial charge in [0.1, 0.15) is 5.60 Å². The largest absolute Gasteiger partial charge is 0.465 e. The van der Waals surface area contributed by atoms with Gasteiger partial charge in [0.2, 0.25) is 0 Å². The van der Waals surface area contributed by atoms with Crippen LogP contribution in [-0.2, 0) is 19.9 Å². The molecule has 1 atom stereocenters. The van der Waals surface area contributed by atoms with E-state index >= 15 is 0 Å². The van der Waals surface area contributed by atoms with Crippen LogP contribution < -0.4 is 4.90 Å². The Bertz CT molecular complexity index is 1020. The van der Waals surface area contributed by atoms with Gasteiger partial charge in [-0.3, -0.25) is 4.79 Å². The molecule has 39 heavy (non-hydrogen) atoms. The smallest absolute Gasteiger partial charge is 0.430 e. The number of benzene rings is 1. The minimum absolute atomic E-state index is 0.0190. The quantitative estimate of drug-likeness (QED) is 0.391. The summed E-state index contributed by atoms with van der Waals surface area (Å²) in [5.74, 6) is -0.485. The fraction of sp³-hybridized carbons (Fsp3) is 0.680. The van der Waals surface area contributed by atoms with Crippen molar-refractivity contribution in [3.63, 3.8) is 0 Å². The molecular weight excluding hydrogens is 538 g/mol. The van der Waals surface area contributed by atoms with Crippen LogP contribution in [0.25, 0.3) is 0 Å². The molecule has 0 radical (unpaired) electrons. The number of carboxylic acid groups (broad SMARTS) is 1. The number of nitrogens with zero attached hydrogens (tertiary/aromatic N) is 2. The highest BCUT2D eigenvalue weighted by Gasteiger charge is 2.71. The molecule has 1 aromatic rings. The number of halogens is 6. The lowest BCUT2D eigenvalue weighted by Crippen LogP contribution is -2.57. The van der Waals surface area contributed by atoms with Gasteiger partial charge < -0.3 is 29.5 Å². The van der Waals surface area contributed by atoms with Crippen molar-refractivity contribution in [2.24, 2.45) is 5.41 Å². The van der Waals surface area contributed by atoms with E-state index in [1.54, 1.807) is 25.7 Å². The average molecular weight is 571 g/mol. The lowest BCUT2D eigenvalue weighted by Gasteiger charge is -2.46. The number of hydrogen-bond acceptors (Lipinski definition) is 6. The standard InChI is InChI=1S/C25H32F6N2O6/c1-21(2,3)39-19(34)22(8-12-38-13-9-22)14-18-15-32(20(35)36)10-11-33(18)17-6-4-16(5-7-17)23(37,24(26,27)28)25(29,30)31/h4-7,18,37H,8-15H2,1-3H3,(H,35,36)/t18-/m0/s1. The van der Waals surface area contributed by atoms with Crippen molar-refractivity contribution in [3.8, 4) is 0 Å². The van der Waals surface area contributed by atoms with Crippen molar-refractivity contribution in [1.29, 1.82) is 0 Å². The van der Waals surface area contributed by atoms with Gasteiger partial charge in [0.25, 0.3) is 5.60 Å². The number of anilines is 1. The summed E-state index contributed by atoms with van der Waals surface area (Å²) in [5, 5.41) is 19.3. The highest BCUT2D eigenvalue weighted by molar-refractivity contribution is 5.77. The molecule has 2 fully saturated rings. The second-order valence-electron chi connectivity index (χ2n) is 10.9. The van der Waals surface area contributed by atoms with Crippen LogP contribution in [-0.4, -0.2) is 84.0 Å². The number of carbonyl (C=O) groups excluding carboxylic acids is 1. The highest BCUT2D eigenvalue weighted by atomic mass is 19.4. The second-order valence-corrected chi connectivity index (χ2v) is 10.9. The fourth-order valence-electron chi connectivity index (χ4n) is 5.02. The SMILES string of the molecule is CC(C)(C)OC(=O)C1(C[C@H]2CN(C(=O)O)CCN2c2ccc(C(O)(C(F)(F)F)C(F)(F)F)cc2)CCOCC1. The average Bonchev–Trinajstić information content (AvgIpc) is 2.81. The summed E-state index contributed by atoms with van der Waals surface area (Å²) >= 11 is 0. The first-order valence-corrected chi connectivity index (χ1v) is 12.3. The van der Waals surface area contributed by atoms with Gasteiger partial charge >= 0.3 is 24.4 Å². The van der Waals surface area contributed by atoms with Crippen LogP contribution in [0.3, 0.4) is 0 Å². The summed E-state index contributed by atoms with van der Waals surface area (Å²) in [4.78, 5) is 27.9. The molecule has 1 amide bonds. The van der Waals surface area contributed by atoms with E-state index in [0.29, 0.717) is 25.0 Å². The van der Waals surface area contributed by atoms with Gasteiger partial charge in [0, 0.05) is 50.1 Å². The van der Waals surface area contributed by atoms with E-state index in [4.69, 9.17) is 9.47 Å². The molecule has 8 nitrogen and oxygen atoms in total. The van der Waals surface area contributed by atoms with Crippen molar-refractivity contribution >= 4 is 17.7 Å². The fourth-order valence-corrected chi connectivity index (χ4v) is 5.02. The molecule has 2 aliphatic rings. The lowest BCUT2D eigenvalue weighted by atomic mass is 9.74. The molecule has 1 aromatic carbocycles. The van der Waals surface area contributed by atoms with Gasteiger partial charge in [0.15, 0.2) is 0 Å². The van der Waals surface area contributed by atoms with E-state index in [-0.39, 0.29) is 45.0 Å². The van der Waals surface area contributed by atoms with Crippen molar-refractivity contribution in [3.05, 3.63) is 29.8 Å². The number of piperazine rings is 1. The monoisotopic (exact) mass is 570 g/mol. The van der Waals surface area contributed by atoms with E-state index < -0.39 is 52.6 Å². The Hall–Kier alpha value is -2.74. The molecule has 2 heterocycles. The third-order valence-electron chi connectivity index (χ3n) is 7.10. The van der Waals surface area contributed by atoms with Crippen LogP contribution in [0, 0.1) is 5.41 Å². The number of amides is 1. The maximum atomic E-state index is 13.3. The number of carbonyl (C=O) groups is 2. The minimum Gasteiger partial charge on any atom is -0.465 e. The minimum atomic E-state index is -6.02. The van der Waals surface area contributed by atoms with Gasteiger partial charge in [-0.1, -0.05) is 12.1 Å². The molecule has 14 heteroatoms. The Kier molecular flexibility index (Phi) is 8.43. The van der Waals surface area contributed by atoms with Gasteiger partial charge in [0.05, 0.1) is 5.41 Å². The normalized spacial score (nSPS) is 21.0. The number of esters is 1. The van der Waals surface area contributed by atoms with Crippen LogP contribution in [0.15, 0.2) is 24.3 Å². The lowest BCUT2D eigenvalue weighted by molar-refractivity contribution is -0.376. The van der Waals surface area contributed by atoms with Crippen LogP contribution >= 0.6 is 0 Å². The van der Waals surface area contributed by atoms with Crippen molar-refractivity contribution < 1.29 is 55.6 Å². The zero-order chi connectivity index (χ0) is 29.4. The van der Waals surface area contributed by atoms with Gasteiger partial charge in [-0.2, -0.15) is 26.3 Å². The van der Waals surface area contributed by atoms with E-state index in [9.17, 15) is 46.1 Å². The molecule has 2 saturated heterocycles. The molecule has 0 aromatic heterocycles. The second kappa shape index (κ2) is 10.7. The Morgan fingerprint density at radius 3 is 2.00 bits per heavy atom. The number of hydrogen-bond donors (Lipinski definition) is 2. The van der Waals surface area contributed by atoms with Gasteiger partial charge in [-0.05, 0) is 52.2 Å². The van der Waals surface area contributed by atoms with Crippen molar-refractivity contribution in [2.45, 2.75) is 69.6 Å². The first kappa shape index (κ1) is 30.8. The highest BCUT2D eigenvalue weighted by Crippen LogP contribution is 2.50. The predicted octanol–water partition coefficient (Wildman–Crippen LogP) is 4.70. The summed E-state index contributed by atoms with van der Waals surface area (Å²) in [6.45, 7) is 5.68. The summed E-state index contributed by atoms with van der Waals surface area (Å²) in [6, 6.07) is 2.48. The number of ether oxygens (including phenoxy) is 2. The zero-order valence-electron chi connectivity index (χ0n) is 21.7. The predicted molar refractivity (Wildman–Crippen MR) is 126 cm³/mol. The van der Waals surface area contributed by atoms with Crippen LogP contribution in [0.4, 0.5) is 36.8 Å². The maximum Gasteiger partial charge on any atom is 0.430 e. The molecule has 0 unspecified atom stereocenters. The van der Waals surface area contributed by atoms with Crippen LogP contribution in [0.1, 0.15) is 45.6 Å². The molecule has 2 aliphatic heterocycles. The first-order valence-electron chi connectivity index (χ1n) is 12.3. The van der Waals surface area contributed by atoms with E-state index in [2.05, 4.69) is 0 Å². The first-order chi connectivity index (χ1) is 17.8. The summed E-state index contributed by atoms with van der Waals surface area (Å²) < 4.78 is 91.0. The third kappa shape index (κ3) is 6.37. The molecule has 3 rings (SSSR count). The maximum absolute atomic E-state index is 13.3. The molecule has 0 spiro atoms. The van der Waals surface area contributed by atoms with Gasteiger partial charge in [-0.15, -0.1) is 0 Å². The number of aliphatic hydroxyl groups is 1. The Balaban J connectivity index is 1.98. The van der Waals surface area contributed by atoms with Crippen LogP contribution in [0.5, 0.6) is 0 Å². The molecular formula is C25H32F6N2O6. The Morgan fingerprint density at radius 1 is 1.00 bits per heavy atom. The van der Waals surface area contributed by atoms with E-state index in [1.165, 1.54) is 0 Å². The topological polar surface area (TPSA) is 99.5 Å². The molecule has 0 saturated carbocycles. The summed E-state index contributed by atoms with van der Waals surface area (Å²) in [7, 11) is 0. The van der Waals surface area contributed by atoms with Crippen LogP contribution in [0.2, 0.25) is 0 Å². The van der Waals surface area contributed by atoms with Crippen molar-refractivity contribution in [2.75, 3.05) is 37.7 Å². The third-order valence-corrected chi connectivity index (χ3v) is 7.10.